The molecule has 0 aliphatic heterocycles. The monoisotopic (exact) mass is 399 g/mol. The van der Waals surface area contributed by atoms with Crippen LogP contribution in [-0.2, 0) is 32.0 Å². The Morgan fingerprint density at radius 1 is 1.38 bits per heavy atom. The van der Waals surface area contributed by atoms with E-state index in [1.807, 2.05) is 0 Å². The van der Waals surface area contributed by atoms with E-state index in [1.54, 1.807) is 4.72 Å². The van der Waals surface area contributed by atoms with Gasteiger partial charge in [-0.3, -0.25) is 4.68 Å². The molecule has 0 aliphatic rings. The predicted octanol–water partition coefficient (Wildman–Crippen LogP) is -2.17. The van der Waals surface area contributed by atoms with E-state index in [9.17, 15) is 36.2 Å². The molecule has 140 valence electrons. The average molecular weight is 399 g/mol. The van der Waals surface area contributed by atoms with E-state index in [2.05, 4.69) is 14.8 Å². The van der Waals surface area contributed by atoms with Crippen LogP contribution in [0.25, 0.3) is 0 Å². The van der Waals surface area contributed by atoms with E-state index in [0.717, 1.165) is 6.20 Å². The smallest absolute Gasteiger partial charge is 0.430 e. The summed E-state index contributed by atoms with van der Waals surface area (Å²) in [5.41, 5.74) is -0.191. The molecule has 18 heteroatoms. The summed E-state index contributed by atoms with van der Waals surface area (Å²) in [6, 6.07) is 0. The minimum Gasteiger partial charge on any atom is -0.558 e. The summed E-state index contributed by atoms with van der Waals surface area (Å²) in [6.45, 7) is -4.68. The van der Waals surface area contributed by atoms with Crippen LogP contribution < -0.4 is 4.72 Å². The lowest BCUT2D eigenvalue weighted by Crippen LogP contribution is -2.43. The number of nitrogens with zero attached hydrogens (tertiary/aromatic N) is 3. The van der Waals surface area contributed by atoms with Gasteiger partial charge >= 0.3 is 20.8 Å². The van der Waals surface area contributed by atoms with Crippen LogP contribution in [0, 0.1) is 0 Å². The maximum atomic E-state index is 12.0. The average Bonchev–Trinajstić information content (AvgIpc) is 2.66. The minimum atomic E-state index is -5.20. The molecule has 0 atom stereocenters. The van der Waals surface area contributed by atoms with E-state index in [1.165, 1.54) is 0 Å². The second-order valence-corrected chi connectivity index (χ2v) is 7.58. The summed E-state index contributed by atoms with van der Waals surface area (Å²) in [5, 5.41) is 25.2. The summed E-state index contributed by atoms with van der Waals surface area (Å²) in [6.07, 6.45) is -4.99. The maximum Gasteiger partial charge on any atom is 0.430 e. The van der Waals surface area contributed by atoms with Gasteiger partial charge in [-0.15, -0.1) is 5.10 Å². The van der Waals surface area contributed by atoms with E-state index >= 15 is 0 Å². The molecule has 0 fully saturated rings. The van der Waals surface area contributed by atoms with Crippen molar-refractivity contribution in [2.45, 2.75) is 19.2 Å². The van der Waals surface area contributed by atoms with Crippen molar-refractivity contribution in [2.24, 2.45) is 0 Å². The van der Waals surface area contributed by atoms with Crippen molar-refractivity contribution in [3.8, 4) is 0 Å². The van der Waals surface area contributed by atoms with E-state index in [-0.39, 0.29) is 5.69 Å². The van der Waals surface area contributed by atoms with Gasteiger partial charge < -0.3 is 24.3 Å². The molecule has 0 saturated carbocycles. The summed E-state index contributed by atoms with van der Waals surface area (Å²) in [4.78, 5) is 16.9. The first-order valence-electron chi connectivity index (χ1n) is 5.87. The second-order valence-electron chi connectivity index (χ2n) is 4.58. The molecule has 1 rings (SSSR count). The highest BCUT2D eigenvalue weighted by molar-refractivity contribution is 7.89. The largest absolute Gasteiger partial charge is 0.558 e. The summed E-state index contributed by atoms with van der Waals surface area (Å²) >= 11 is 0. The number of hydrogen-bond acceptors (Lipinski definition) is 8. The lowest BCUT2D eigenvalue weighted by molar-refractivity contribution is -0.106. The number of aromatic nitrogens is 3. The molecular weight excluding hydrogens is 387 g/mol. The van der Waals surface area contributed by atoms with Gasteiger partial charge in [-0.2, -0.15) is 13.2 Å². The van der Waals surface area contributed by atoms with Crippen LogP contribution in [0.5, 0.6) is 0 Å². The number of hydrogen-bond donors (Lipinski definition) is 5. The molecule has 1 heterocycles. The Balaban J connectivity index is 2.65. The van der Waals surface area contributed by atoms with Gasteiger partial charge in [-0.25, -0.2) is 17.7 Å². The van der Waals surface area contributed by atoms with Gasteiger partial charge in [0.25, 0.3) is 0 Å². The fourth-order valence-corrected chi connectivity index (χ4v) is 2.86. The van der Waals surface area contributed by atoms with Crippen LogP contribution >= 0.6 is 7.82 Å². The summed E-state index contributed by atoms with van der Waals surface area (Å²) < 4.78 is 74.8. The van der Waals surface area contributed by atoms with Crippen LogP contribution in [-0.4, -0.2) is 61.9 Å². The first-order valence-corrected chi connectivity index (χ1v) is 9.05. The van der Waals surface area contributed by atoms with Crippen molar-refractivity contribution in [2.75, 3.05) is 5.75 Å². The van der Waals surface area contributed by atoms with E-state index < -0.39 is 49.5 Å². The summed E-state index contributed by atoms with van der Waals surface area (Å²) in [5.74, 6) is -2.09. The Morgan fingerprint density at radius 2 is 1.96 bits per heavy atom. The third kappa shape index (κ3) is 8.69. The molecule has 0 aliphatic carbocycles. The molecule has 0 bridgehead atoms. The third-order valence-electron chi connectivity index (χ3n) is 2.14. The Labute approximate surface area is 132 Å². The minimum absolute atomic E-state index is 0.191. The molecular formula is C6H12BF3N4O8PS-. The van der Waals surface area contributed by atoms with Crippen molar-refractivity contribution >= 4 is 24.6 Å². The Kier molecular flexibility index (Phi) is 6.16. The van der Waals surface area contributed by atoms with Crippen molar-refractivity contribution in [1.82, 2.24) is 19.7 Å². The number of rotatable bonds is 8. The number of halogens is 3. The molecule has 24 heavy (non-hydrogen) atoms. The number of alkyl halides is 3. The Hall–Kier alpha value is -1.07. The standard InChI is InChI=1S/C6H12BF3N4O8PS/c8-6(9,10)3-24(20,21)11-1-5-2-14(13-12-5)4-7(15,16)22-23(17,18)19/h2,11,15-16H,1,3-4H2,(H2,17,18,19)/q-1. The topological polar surface area (TPSA) is 184 Å². The molecule has 0 unspecified atom stereocenters. The SMILES string of the molecule is O=P(O)(O)O[B-](O)(O)Cn1cc(CNS(=O)(=O)CC(F)(F)F)nn1. The molecule has 0 aromatic carbocycles. The zero-order valence-corrected chi connectivity index (χ0v) is 13.2. The zero-order chi connectivity index (χ0) is 18.8. The zero-order valence-electron chi connectivity index (χ0n) is 11.5. The van der Waals surface area contributed by atoms with Crippen molar-refractivity contribution < 1.29 is 50.4 Å². The lowest BCUT2D eigenvalue weighted by Gasteiger charge is -2.28. The molecule has 12 nitrogen and oxygen atoms in total. The Bertz CT molecular complexity index is 718. The second kappa shape index (κ2) is 7.05. The normalized spacial score (nSPS) is 14.1. The van der Waals surface area contributed by atoms with Crippen LogP contribution in [0.4, 0.5) is 13.2 Å². The first-order chi connectivity index (χ1) is 10.6. The van der Waals surface area contributed by atoms with Gasteiger partial charge in [0.1, 0.15) is 0 Å². The van der Waals surface area contributed by atoms with Crippen molar-refractivity contribution in [3.63, 3.8) is 0 Å². The van der Waals surface area contributed by atoms with Crippen LogP contribution in [0.3, 0.4) is 0 Å². The van der Waals surface area contributed by atoms with Gasteiger partial charge in [0.15, 0.2) is 5.75 Å². The first kappa shape index (κ1) is 21.0. The van der Waals surface area contributed by atoms with Crippen LogP contribution in [0.2, 0.25) is 0 Å². The van der Waals surface area contributed by atoms with E-state index in [0.29, 0.717) is 4.68 Å². The molecule has 1 aromatic heterocycles. The highest BCUT2D eigenvalue weighted by Crippen LogP contribution is 2.38. The predicted molar refractivity (Wildman–Crippen MR) is 70.0 cm³/mol. The molecule has 0 radical (unpaired) electrons. The molecule has 0 saturated heterocycles. The van der Waals surface area contributed by atoms with Crippen LogP contribution in [0.15, 0.2) is 6.20 Å². The maximum absolute atomic E-state index is 12.0. The van der Waals surface area contributed by atoms with Crippen molar-refractivity contribution in [3.05, 3.63) is 11.9 Å². The molecule has 0 spiro atoms. The lowest BCUT2D eigenvalue weighted by atomic mass is 9.81. The quantitative estimate of drug-likeness (QED) is 0.238. The third-order valence-corrected chi connectivity index (χ3v) is 4.05. The highest BCUT2D eigenvalue weighted by atomic mass is 32.2. The van der Waals surface area contributed by atoms with Gasteiger partial charge in [0.2, 0.25) is 10.0 Å². The van der Waals surface area contributed by atoms with Gasteiger partial charge in [0.05, 0.1) is 12.2 Å². The van der Waals surface area contributed by atoms with Crippen molar-refractivity contribution in [1.29, 1.82) is 0 Å². The number of sulfonamides is 1. The highest BCUT2D eigenvalue weighted by Gasteiger charge is 2.35. The Morgan fingerprint density at radius 3 is 2.46 bits per heavy atom. The van der Waals surface area contributed by atoms with Gasteiger partial charge in [0, 0.05) is 12.6 Å². The fourth-order valence-electron chi connectivity index (χ4n) is 1.46. The molecule has 0 amide bonds. The van der Waals surface area contributed by atoms with Gasteiger partial charge in [-0.05, 0) is 0 Å². The fraction of sp³-hybridized carbons (Fsp3) is 0.667. The van der Waals surface area contributed by atoms with Gasteiger partial charge in [-0.1, -0.05) is 5.21 Å². The summed E-state index contributed by atoms with van der Waals surface area (Å²) in [7, 11) is -9.87. The van der Waals surface area contributed by atoms with E-state index in [4.69, 9.17) is 9.79 Å². The molecule has 5 N–H and O–H groups in total. The number of phosphoric acid groups is 1. The number of nitrogens with one attached hydrogen (secondary N) is 1. The molecule has 1 aromatic rings. The van der Waals surface area contributed by atoms with Crippen LogP contribution in [0.1, 0.15) is 5.69 Å².